The number of hydrogen-bond donors (Lipinski definition) is 2. The summed E-state index contributed by atoms with van der Waals surface area (Å²) < 4.78 is 0. The fourth-order valence-electron chi connectivity index (χ4n) is 3.61. The van der Waals surface area contributed by atoms with Crippen LogP contribution >= 0.6 is 0 Å². The van der Waals surface area contributed by atoms with Gasteiger partial charge in [0.15, 0.2) is 0 Å². The van der Waals surface area contributed by atoms with Crippen LogP contribution in [0.2, 0.25) is 0 Å². The second-order valence-corrected chi connectivity index (χ2v) is 7.74. The molecular formula is C26H25N3O. The maximum Gasteiger partial charge on any atom is 0.252 e. The van der Waals surface area contributed by atoms with Crippen LogP contribution in [0.1, 0.15) is 32.6 Å². The minimum atomic E-state index is -0.113. The summed E-state index contributed by atoms with van der Waals surface area (Å²) in [5, 5.41) is 7.24. The van der Waals surface area contributed by atoms with Gasteiger partial charge in [-0.3, -0.25) is 4.79 Å². The largest absolute Gasteiger partial charge is 0.348 e. The van der Waals surface area contributed by atoms with E-state index in [1.165, 1.54) is 16.7 Å². The average Bonchev–Trinajstić information content (AvgIpc) is 2.72. The number of hydrogen-bond acceptors (Lipinski definition) is 3. The number of amides is 1. The number of fused-ring (bicyclic) bond motifs is 1. The number of pyridine rings is 1. The molecule has 0 atom stereocenters. The highest BCUT2D eigenvalue weighted by atomic mass is 16.1. The van der Waals surface area contributed by atoms with Gasteiger partial charge in [0, 0.05) is 17.6 Å². The Balaban J connectivity index is 1.64. The van der Waals surface area contributed by atoms with Gasteiger partial charge in [0.1, 0.15) is 5.82 Å². The van der Waals surface area contributed by atoms with E-state index in [0.717, 1.165) is 22.2 Å². The van der Waals surface area contributed by atoms with Gasteiger partial charge >= 0.3 is 0 Å². The van der Waals surface area contributed by atoms with Crippen LogP contribution in [0, 0.1) is 20.8 Å². The minimum absolute atomic E-state index is 0.113. The number of nitrogens with one attached hydrogen (secondary N) is 2. The normalized spacial score (nSPS) is 10.8. The molecular weight excluding hydrogens is 370 g/mol. The van der Waals surface area contributed by atoms with Crippen molar-refractivity contribution in [2.45, 2.75) is 27.3 Å². The molecule has 0 aliphatic rings. The molecule has 0 unspecified atom stereocenters. The summed E-state index contributed by atoms with van der Waals surface area (Å²) in [6, 6.07) is 24.0. The Morgan fingerprint density at radius 1 is 0.833 bits per heavy atom. The van der Waals surface area contributed by atoms with Crippen molar-refractivity contribution in [1.82, 2.24) is 10.3 Å². The van der Waals surface area contributed by atoms with Gasteiger partial charge in [-0.05, 0) is 61.7 Å². The van der Waals surface area contributed by atoms with Crippen LogP contribution in [0.3, 0.4) is 0 Å². The summed E-state index contributed by atoms with van der Waals surface area (Å²) in [4.78, 5) is 17.8. The van der Waals surface area contributed by atoms with E-state index in [0.29, 0.717) is 17.9 Å². The summed E-state index contributed by atoms with van der Waals surface area (Å²) >= 11 is 0. The monoisotopic (exact) mass is 395 g/mol. The Hall–Kier alpha value is -3.66. The molecule has 4 nitrogen and oxygen atoms in total. The second-order valence-electron chi connectivity index (χ2n) is 7.74. The summed E-state index contributed by atoms with van der Waals surface area (Å²) in [6.45, 7) is 6.66. The third-order valence-corrected chi connectivity index (χ3v) is 5.03. The summed E-state index contributed by atoms with van der Waals surface area (Å²) in [5.74, 6) is 0.539. The van der Waals surface area contributed by atoms with Crippen molar-refractivity contribution in [3.05, 3.63) is 101 Å². The number of para-hydroxylation sites is 1. The molecule has 0 saturated heterocycles. The molecule has 30 heavy (non-hydrogen) atoms. The zero-order valence-corrected chi connectivity index (χ0v) is 17.5. The van der Waals surface area contributed by atoms with Crippen LogP contribution in [0.4, 0.5) is 11.5 Å². The molecule has 0 saturated carbocycles. The molecule has 1 aromatic heterocycles. The smallest absolute Gasteiger partial charge is 0.252 e. The lowest BCUT2D eigenvalue weighted by Gasteiger charge is -2.13. The lowest BCUT2D eigenvalue weighted by atomic mass is 10.1. The zero-order valence-electron chi connectivity index (χ0n) is 17.5. The van der Waals surface area contributed by atoms with Crippen LogP contribution in [-0.4, -0.2) is 10.9 Å². The molecule has 3 aromatic carbocycles. The van der Waals surface area contributed by atoms with Gasteiger partial charge in [-0.15, -0.1) is 0 Å². The fraction of sp³-hybridized carbons (Fsp3) is 0.154. The first kappa shape index (κ1) is 19.6. The van der Waals surface area contributed by atoms with Gasteiger partial charge in [-0.25, -0.2) is 4.98 Å². The number of aryl methyl sites for hydroxylation is 3. The Morgan fingerprint density at radius 3 is 2.27 bits per heavy atom. The Bertz CT molecular complexity index is 1190. The van der Waals surface area contributed by atoms with Crippen molar-refractivity contribution in [2.24, 2.45) is 0 Å². The lowest BCUT2D eigenvalue weighted by Crippen LogP contribution is -2.23. The first-order valence-corrected chi connectivity index (χ1v) is 10.1. The SMILES string of the molecule is Cc1ccc(CNC(=O)c2cc(Nc3cc(C)cc(C)c3)nc3ccccc23)cc1. The molecule has 1 amide bonds. The van der Waals surface area contributed by atoms with E-state index in [2.05, 4.69) is 61.7 Å². The minimum Gasteiger partial charge on any atom is -0.348 e. The molecule has 4 heteroatoms. The van der Waals surface area contributed by atoms with Crippen LogP contribution in [0.15, 0.2) is 72.8 Å². The molecule has 0 aliphatic heterocycles. The highest BCUT2D eigenvalue weighted by Gasteiger charge is 2.13. The first-order valence-electron chi connectivity index (χ1n) is 10.1. The molecule has 0 radical (unpaired) electrons. The summed E-state index contributed by atoms with van der Waals surface area (Å²) in [6.07, 6.45) is 0. The van der Waals surface area contributed by atoms with Crippen LogP contribution < -0.4 is 10.6 Å². The van der Waals surface area contributed by atoms with Gasteiger partial charge in [-0.2, -0.15) is 0 Å². The van der Waals surface area contributed by atoms with Crippen molar-refractivity contribution in [3.63, 3.8) is 0 Å². The number of carbonyl (C=O) groups is 1. The van der Waals surface area contributed by atoms with Gasteiger partial charge in [0.2, 0.25) is 0 Å². The lowest BCUT2D eigenvalue weighted by molar-refractivity contribution is 0.0952. The van der Waals surface area contributed by atoms with E-state index in [-0.39, 0.29) is 5.91 Å². The molecule has 0 aliphatic carbocycles. The van der Waals surface area contributed by atoms with Crippen molar-refractivity contribution < 1.29 is 4.79 Å². The Kier molecular flexibility index (Phi) is 5.48. The third-order valence-electron chi connectivity index (χ3n) is 5.03. The van der Waals surface area contributed by atoms with Crippen LogP contribution in [0.5, 0.6) is 0 Å². The zero-order chi connectivity index (χ0) is 21.1. The molecule has 0 spiro atoms. The fourth-order valence-corrected chi connectivity index (χ4v) is 3.61. The van der Waals surface area contributed by atoms with E-state index in [4.69, 9.17) is 4.98 Å². The molecule has 2 N–H and O–H groups in total. The number of aromatic nitrogens is 1. The highest BCUT2D eigenvalue weighted by Crippen LogP contribution is 2.24. The number of anilines is 2. The molecule has 0 bridgehead atoms. The van der Waals surface area contributed by atoms with E-state index in [1.54, 1.807) is 0 Å². The predicted octanol–water partition coefficient (Wildman–Crippen LogP) is 5.83. The standard InChI is InChI=1S/C26H25N3O/c1-17-8-10-20(11-9-17)16-27-26(30)23-15-25(29-24-7-5-4-6-22(23)24)28-21-13-18(2)12-19(3)14-21/h4-15H,16H2,1-3H3,(H,27,30)(H,28,29). The number of nitrogens with zero attached hydrogens (tertiary/aromatic N) is 1. The van der Waals surface area contributed by atoms with Gasteiger partial charge in [0.05, 0.1) is 11.1 Å². The maximum atomic E-state index is 13.0. The van der Waals surface area contributed by atoms with Crippen molar-refractivity contribution in [2.75, 3.05) is 5.32 Å². The third kappa shape index (κ3) is 4.49. The number of rotatable bonds is 5. The van der Waals surface area contributed by atoms with Gasteiger partial charge in [0.25, 0.3) is 5.91 Å². The van der Waals surface area contributed by atoms with Crippen molar-refractivity contribution >= 4 is 28.3 Å². The van der Waals surface area contributed by atoms with E-state index < -0.39 is 0 Å². The molecule has 4 aromatic rings. The molecule has 1 heterocycles. The molecule has 150 valence electrons. The second kappa shape index (κ2) is 8.37. The van der Waals surface area contributed by atoms with E-state index >= 15 is 0 Å². The van der Waals surface area contributed by atoms with Gasteiger partial charge in [-0.1, -0.05) is 54.1 Å². The van der Waals surface area contributed by atoms with Crippen LogP contribution in [-0.2, 0) is 6.54 Å². The van der Waals surface area contributed by atoms with E-state index in [9.17, 15) is 4.79 Å². The highest BCUT2D eigenvalue weighted by molar-refractivity contribution is 6.07. The number of carbonyl (C=O) groups excluding carboxylic acids is 1. The Labute approximate surface area is 177 Å². The van der Waals surface area contributed by atoms with Gasteiger partial charge < -0.3 is 10.6 Å². The van der Waals surface area contributed by atoms with Crippen molar-refractivity contribution in [1.29, 1.82) is 0 Å². The summed E-state index contributed by atoms with van der Waals surface area (Å²) in [7, 11) is 0. The number of benzene rings is 3. The molecule has 0 fully saturated rings. The van der Waals surface area contributed by atoms with Crippen LogP contribution in [0.25, 0.3) is 10.9 Å². The maximum absolute atomic E-state index is 13.0. The predicted molar refractivity (Wildman–Crippen MR) is 123 cm³/mol. The van der Waals surface area contributed by atoms with E-state index in [1.807, 2.05) is 42.5 Å². The quantitative estimate of drug-likeness (QED) is 0.447. The summed E-state index contributed by atoms with van der Waals surface area (Å²) in [5.41, 5.74) is 6.98. The first-order chi connectivity index (χ1) is 14.5. The molecule has 4 rings (SSSR count). The van der Waals surface area contributed by atoms with Crippen molar-refractivity contribution in [3.8, 4) is 0 Å². The Morgan fingerprint density at radius 2 is 1.53 bits per heavy atom. The topological polar surface area (TPSA) is 54.0 Å². The average molecular weight is 396 g/mol.